The van der Waals surface area contributed by atoms with Crippen molar-refractivity contribution in [3.63, 3.8) is 0 Å². The van der Waals surface area contributed by atoms with Gasteiger partial charge in [0.1, 0.15) is 17.3 Å². The van der Waals surface area contributed by atoms with Gasteiger partial charge in [0.2, 0.25) is 0 Å². The van der Waals surface area contributed by atoms with Crippen LogP contribution in [0.25, 0.3) is 0 Å². The fourth-order valence-corrected chi connectivity index (χ4v) is 2.40. The molecule has 0 amide bonds. The highest BCUT2D eigenvalue weighted by molar-refractivity contribution is 6.32. The predicted octanol–water partition coefficient (Wildman–Crippen LogP) is 1.70. The molecule has 1 aromatic rings. The van der Waals surface area contributed by atoms with E-state index < -0.39 is 0 Å². The molecule has 0 spiro atoms. The number of nitrogens with zero attached hydrogens (tertiary/aromatic N) is 3. The summed E-state index contributed by atoms with van der Waals surface area (Å²) >= 11 is 5.84. The van der Waals surface area contributed by atoms with Crippen LogP contribution < -0.4 is 5.32 Å². The molecule has 1 fully saturated rings. The number of anilines is 1. The Morgan fingerprint density at radius 2 is 2.44 bits per heavy atom. The van der Waals surface area contributed by atoms with Crippen molar-refractivity contribution in [1.29, 1.82) is 0 Å². The van der Waals surface area contributed by atoms with Gasteiger partial charge >= 0.3 is 0 Å². The van der Waals surface area contributed by atoms with Crippen LogP contribution in [-0.4, -0.2) is 47.3 Å². The second kappa shape index (κ2) is 6.11. The first-order chi connectivity index (χ1) is 8.74. The molecule has 1 unspecified atom stereocenters. The highest BCUT2D eigenvalue weighted by Gasteiger charge is 2.21. The first-order valence-corrected chi connectivity index (χ1v) is 6.54. The Labute approximate surface area is 112 Å². The Morgan fingerprint density at radius 3 is 3.11 bits per heavy atom. The van der Waals surface area contributed by atoms with Gasteiger partial charge in [-0.1, -0.05) is 18.5 Å². The van der Waals surface area contributed by atoms with Gasteiger partial charge in [0.05, 0.1) is 5.56 Å². The zero-order chi connectivity index (χ0) is 13.0. The van der Waals surface area contributed by atoms with Crippen LogP contribution in [0.3, 0.4) is 0 Å². The molecule has 2 rings (SSSR count). The minimum atomic E-state index is 0.198. The van der Waals surface area contributed by atoms with Gasteiger partial charge in [-0.25, -0.2) is 9.97 Å². The van der Waals surface area contributed by atoms with E-state index in [9.17, 15) is 4.79 Å². The SMILES string of the molecule is CCN1CCC(CNc2ncnc(Cl)c2C=O)C1. The Bertz CT molecular complexity index is 427. The Kier molecular flexibility index (Phi) is 4.49. The van der Waals surface area contributed by atoms with Gasteiger partial charge in [0.15, 0.2) is 6.29 Å². The highest BCUT2D eigenvalue weighted by atomic mass is 35.5. The molecule has 0 aromatic carbocycles. The molecule has 1 N–H and O–H groups in total. The average Bonchev–Trinajstić information content (AvgIpc) is 2.84. The third-order valence-corrected chi connectivity index (χ3v) is 3.63. The van der Waals surface area contributed by atoms with Gasteiger partial charge in [0, 0.05) is 13.1 Å². The summed E-state index contributed by atoms with van der Waals surface area (Å²) in [5.41, 5.74) is 0.338. The molecule has 1 aliphatic heterocycles. The summed E-state index contributed by atoms with van der Waals surface area (Å²) in [7, 11) is 0. The van der Waals surface area contributed by atoms with E-state index in [-0.39, 0.29) is 5.15 Å². The van der Waals surface area contributed by atoms with Gasteiger partial charge in [-0.3, -0.25) is 4.79 Å². The normalized spacial score (nSPS) is 20.0. The van der Waals surface area contributed by atoms with Crippen LogP contribution in [0.15, 0.2) is 6.33 Å². The topological polar surface area (TPSA) is 58.1 Å². The predicted molar refractivity (Wildman–Crippen MR) is 71.1 cm³/mol. The minimum Gasteiger partial charge on any atom is -0.369 e. The maximum Gasteiger partial charge on any atom is 0.156 e. The van der Waals surface area contributed by atoms with Crippen LogP contribution in [0.1, 0.15) is 23.7 Å². The molecule has 1 atom stereocenters. The van der Waals surface area contributed by atoms with Crippen LogP contribution in [0.4, 0.5) is 5.82 Å². The van der Waals surface area contributed by atoms with Crippen molar-refractivity contribution >= 4 is 23.7 Å². The van der Waals surface area contributed by atoms with Crippen molar-refractivity contribution in [3.05, 3.63) is 17.0 Å². The van der Waals surface area contributed by atoms with Gasteiger partial charge in [-0.05, 0) is 25.4 Å². The highest BCUT2D eigenvalue weighted by Crippen LogP contribution is 2.20. The summed E-state index contributed by atoms with van der Waals surface area (Å²) < 4.78 is 0. The summed E-state index contributed by atoms with van der Waals surface area (Å²) in [4.78, 5) is 21.2. The van der Waals surface area contributed by atoms with E-state index >= 15 is 0 Å². The Balaban J connectivity index is 1.94. The van der Waals surface area contributed by atoms with Gasteiger partial charge < -0.3 is 10.2 Å². The quantitative estimate of drug-likeness (QED) is 0.651. The third kappa shape index (κ3) is 2.97. The fraction of sp³-hybridized carbons (Fsp3) is 0.583. The monoisotopic (exact) mass is 268 g/mol. The van der Waals surface area contributed by atoms with E-state index in [1.165, 1.54) is 12.7 Å². The molecule has 0 aliphatic carbocycles. The fourth-order valence-electron chi connectivity index (χ4n) is 2.23. The molecule has 98 valence electrons. The number of hydrogen-bond donors (Lipinski definition) is 1. The van der Waals surface area contributed by atoms with Crippen molar-refractivity contribution in [2.45, 2.75) is 13.3 Å². The second-order valence-electron chi connectivity index (χ2n) is 4.47. The molecule has 1 saturated heterocycles. The van der Waals surface area contributed by atoms with E-state index in [2.05, 4.69) is 27.1 Å². The molecule has 0 radical (unpaired) electrons. The van der Waals surface area contributed by atoms with Crippen molar-refractivity contribution in [2.75, 3.05) is 31.5 Å². The lowest BCUT2D eigenvalue weighted by molar-refractivity contribution is 0.112. The van der Waals surface area contributed by atoms with E-state index in [1.807, 2.05) is 0 Å². The molecule has 0 bridgehead atoms. The van der Waals surface area contributed by atoms with Crippen LogP contribution in [-0.2, 0) is 0 Å². The molecule has 6 heteroatoms. The second-order valence-corrected chi connectivity index (χ2v) is 4.83. The maximum absolute atomic E-state index is 10.9. The van der Waals surface area contributed by atoms with Gasteiger partial charge in [0.25, 0.3) is 0 Å². The lowest BCUT2D eigenvalue weighted by atomic mass is 10.1. The van der Waals surface area contributed by atoms with E-state index in [0.29, 0.717) is 23.6 Å². The minimum absolute atomic E-state index is 0.198. The van der Waals surface area contributed by atoms with E-state index in [0.717, 1.165) is 26.2 Å². The first-order valence-electron chi connectivity index (χ1n) is 6.16. The summed E-state index contributed by atoms with van der Waals surface area (Å²) in [6.45, 7) is 6.32. The number of hydrogen-bond acceptors (Lipinski definition) is 5. The van der Waals surface area contributed by atoms with Crippen LogP contribution in [0.2, 0.25) is 5.15 Å². The van der Waals surface area contributed by atoms with Crippen LogP contribution in [0.5, 0.6) is 0 Å². The Morgan fingerprint density at radius 1 is 1.61 bits per heavy atom. The van der Waals surface area contributed by atoms with Crippen LogP contribution >= 0.6 is 11.6 Å². The molecule has 2 heterocycles. The number of carbonyl (C=O) groups is 1. The largest absolute Gasteiger partial charge is 0.369 e. The maximum atomic E-state index is 10.9. The molecule has 0 saturated carbocycles. The number of rotatable bonds is 5. The smallest absolute Gasteiger partial charge is 0.156 e. The number of halogens is 1. The molecule has 1 aromatic heterocycles. The molecular formula is C12H17ClN4O. The Hall–Kier alpha value is -1.20. The summed E-state index contributed by atoms with van der Waals surface area (Å²) in [6, 6.07) is 0. The zero-order valence-electron chi connectivity index (χ0n) is 10.4. The van der Waals surface area contributed by atoms with Crippen molar-refractivity contribution in [1.82, 2.24) is 14.9 Å². The number of aldehydes is 1. The number of aromatic nitrogens is 2. The summed E-state index contributed by atoms with van der Waals surface area (Å²) in [5.74, 6) is 1.12. The summed E-state index contributed by atoms with van der Waals surface area (Å²) in [5, 5.41) is 3.40. The van der Waals surface area contributed by atoms with E-state index in [1.54, 1.807) is 0 Å². The number of likely N-dealkylation sites (tertiary alicyclic amines) is 1. The van der Waals surface area contributed by atoms with Crippen LogP contribution in [0, 0.1) is 5.92 Å². The van der Waals surface area contributed by atoms with Gasteiger partial charge in [-0.2, -0.15) is 0 Å². The molecule has 1 aliphatic rings. The molecule has 18 heavy (non-hydrogen) atoms. The lowest BCUT2D eigenvalue weighted by Gasteiger charge is -2.14. The third-order valence-electron chi connectivity index (χ3n) is 3.33. The molecular weight excluding hydrogens is 252 g/mol. The zero-order valence-corrected chi connectivity index (χ0v) is 11.2. The first kappa shape index (κ1) is 13.2. The molecule has 5 nitrogen and oxygen atoms in total. The van der Waals surface area contributed by atoms with Gasteiger partial charge in [-0.15, -0.1) is 0 Å². The van der Waals surface area contributed by atoms with E-state index in [4.69, 9.17) is 11.6 Å². The van der Waals surface area contributed by atoms with Crippen molar-refractivity contribution < 1.29 is 4.79 Å². The standard InChI is InChI=1S/C12H17ClN4O/c1-2-17-4-3-9(6-17)5-14-12-10(7-18)11(13)15-8-16-12/h7-9H,2-6H2,1H3,(H,14,15,16). The lowest BCUT2D eigenvalue weighted by Crippen LogP contribution is -2.23. The summed E-state index contributed by atoms with van der Waals surface area (Å²) in [6.07, 6.45) is 3.23. The number of nitrogens with one attached hydrogen (secondary N) is 1. The van der Waals surface area contributed by atoms with Crippen molar-refractivity contribution in [3.8, 4) is 0 Å². The van der Waals surface area contributed by atoms with Crippen molar-refractivity contribution in [2.24, 2.45) is 5.92 Å². The number of carbonyl (C=O) groups excluding carboxylic acids is 1. The average molecular weight is 269 g/mol.